The van der Waals surface area contributed by atoms with E-state index in [1.54, 1.807) is 18.2 Å². The van der Waals surface area contributed by atoms with Crippen molar-refractivity contribution in [2.45, 2.75) is 49.9 Å². The van der Waals surface area contributed by atoms with Crippen LogP contribution in [0.5, 0.6) is 0 Å². The lowest BCUT2D eigenvalue weighted by atomic mass is 9.94. The van der Waals surface area contributed by atoms with Gasteiger partial charge in [0.25, 0.3) is 0 Å². The monoisotopic (exact) mass is 403 g/mol. The van der Waals surface area contributed by atoms with E-state index in [2.05, 4.69) is 10.6 Å². The van der Waals surface area contributed by atoms with Gasteiger partial charge >= 0.3 is 0 Å². The Kier molecular flexibility index (Phi) is 8.86. The quantitative estimate of drug-likeness (QED) is 0.650. The lowest BCUT2D eigenvalue weighted by molar-refractivity contribution is -0.128. The number of nitrogens with two attached hydrogens (primary N) is 1. The number of rotatable bonds is 7. The van der Waals surface area contributed by atoms with Crippen LogP contribution in [0, 0.1) is 5.82 Å². The van der Waals surface area contributed by atoms with Crippen molar-refractivity contribution in [3.05, 3.63) is 35.6 Å². The molecule has 2 unspecified atom stereocenters. The smallest absolute Gasteiger partial charge is 0.243 e. The van der Waals surface area contributed by atoms with Gasteiger partial charge in [0.05, 0.1) is 5.25 Å². The van der Waals surface area contributed by atoms with Crippen molar-refractivity contribution < 1.29 is 14.0 Å². The highest BCUT2D eigenvalue weighted by Crippen LogP contribution is 2.23. The molecule has 1 heterocycles. The lowest BCUT2D eigenvalue weighted by Crippen LogP contribution is -2.57. The van der Waals surface area contributed by atoms with Gasteiger partial charge in [-0.1, -0.05) is 32.0 Å². The van der Waals surface area contributed by atoms with Gasteiger partial charge in [-0.05, 0) is 30.9 Å². The highest BCUT2D eigenvalue weighted by atomic mass is 35.5. The number of carbonyl (C=O) groups is 2. The molecular weight excluding hydrogens is 377 g/mol. The highest BCUT2D eigenvalue weighted by molar-refractivity contribution is 8.00. The van der Waals surface area contributed by atoms with Gasteiger partial charge in [-0.3, -0.25) is 9.59 Å². The van der Waals surface area contributed by atoms with Crippen molar-refractivity contribution >= 4 is 36.0 Å². The Balaban J connectivity index is 0.00000338. The first-order valence-corrected chi connectivity index (χ1v) is 9.65. The van der Waals surface area contributed by atoms with E-state index in [1.165, 1.54) is 17.8 Å². The number of thioether (sulfide) groups is 1. The maximum Gasteiger partial charge on any atom is 0.243 e. The summed E-state index contributed by atoms with van der Waals surface area (Å²) in [6.45, 7) is 4.36. The summed E-state index contributed by atoms with van der Waals surface area (Å²) in [7, 11) is 0. The molecule has 2 atom stereocenters. The average Bonchev–Trinajstić information content (AvgIpc) is 2.62. The minimum absolute atomic E-state index is 0. The first-order chi connectivity index (χ1) is 11.9. The van der Waals surface area contributed by atoms with Gasteiger partial charge in [0, 0.05) is 17.8 Å². The van der Waals surface area contributed by atoms with Crippen LogP contribution in [0.15, 0.2) is 24.3 Å². The fraction of sp³-hybridized carbons (Fsp3) is 0.556. The molecule has 1 aliphatic rings. The third-order valence-corrected chi connectivity index (χ3v) is 6.08. The number of nitrogens with one attached hydrogen (secondary N) is 2. The van der Waals surface area contributed by atoms with Crippen molar-refractivity contribution in [1.29, 1.82) is 0 Å². The van der Waals surface area contributed by atoms with Crippen LogP contribution in [0.1, 0.15) is 32.3 Å². The van der Waals surface area contributed by atoms with Crippen LogP contribution < -0.4 is 16.4 Å². The zero-order valence-corrected chi connectivity index (χ0v) is 16.7. The summed E-state index contributed by atoms with van der Waals surface area (Å²) < 4.78 is 13.7. The number of benzene rings is 1. The minimum Gasteiger partial charge on any atom is -0.352 e. The Morgan fingerprint density at radius 1 is 1.38 bits per heavy atom. The fourth-order valence-electron chi connectivity index (χ4n) is 2.64. The number of hydrogen-bond acceptors (Lipinski definition) is 4. The van der Waals surface area contributed by atoms with Gasteiger partial charge < -0.3 is 16.4 Å². The molecule has 0 bridgehead atoms. The molecule has 1 saturated heterocycles. The number of hydrogen-bond donors (Lipinski definition) is 3. The molecule has 1 aromatic rings. The van der Waals surface area contributed by atoms with Crippen molar-refractivity contribution in [3.8, 4) is 0 Å². The highest BCUT2D eigenvalue weighted by Gasteiger charge is 2.33. The molecule has 0 aromatic heterocycles. The molecule has 5 nitrogen and oxygen atoms in total. The molecule has 146 valence electrons. The van der Waals surface area contributed by atoms with Crippen LogP contribution in [0.4, 0.5) is 4.39 Å². The van der Waals surface area contributed by atoms with E-state index >= 15 is 0 Å². The third-order valence-electron chi connectivity index (χ3n) is 4.78. The molecule has 1 aromatic carbocycles. The molecule has 26 heavy (non-hydrogen) atoms. The summed E-state index contributed by atoms with van der Waals surface area (Å²) in [5, 5.41) is 5.19. The van der Waals surface area contributed by atoms with Crippen LogP contribution in [-0.2, 0) is 16.0 Å². The molecule has 8 heteroatoms. The standard InChI is InChI=1S/C18H26FN3O2S.ClH/c1-3-18(20,4-2)11-21-16(23)14-10-25-15(17(24)22-14)9-12-7-5-6-8-13(12)19;/h5-8,14-15H,3-4,9-11,20H2,1-2H3,(H,21,23)(H,22,24);1H. The topological polar surface area (TPSA) is 84.2 Å². The Hall–Kier alpha value is -1.31. The molecule has 1 aliphatic heterocycles. The van der Waals surface area contributed by atoms with Crippen LogP contribution in [0.2, 0.25) is 0 Å². The molecule has 1 fully saturated rings. The first kappa shape index (κ1) is 22.7. The van der Waals surface area contributed by atoms with E-state index in [0.717, 1.165) is 12.8 Å². The molecule has 2 amide bonds. The van der Waals surface area contributed by atoms with Crippen LogP contribution in [-0.4, -0.2) is 40.9 Å². The van der Waals surface area contributed by atoms with Gasteiger partial charge in [-0.15, -0.1) is 24.2 Å². The molecular formula is C18H27ClFN3O2S. The minimum atomic E-state index is -0.577. The van der Waals surface area contributed by atoms with Crippen molar-refractivity contribution in [3.63, 3.8) is 0 Å². The molecule has 0 spiro atoms. The summed E-state index contributed by atoms with van der Waals surface area (Å²) in [5.74, 6) is -0.298. The zero-order valence-electron chi connectivity index (χ0n) is 15.1. The van der Waals surface area contributed by atoms with Crippen LogP contribution in [0.3, 0.4) is 0 Å². The summed E-state index contributed by atoms with van der Waals surface area (Å²) in [4.78, 5) is 24.6. The van der Waals surface area contributed by atoms with Crippen molar-refractivity contribution in [1.82, 2.24) is 10.6 Å². The maximum absolute atomic E-state index is 13.7. The van der Waals surface area contributed by atoms with Gasteiger partial charge in [0.1, 0.15) is 11.9 Å². The summed E-state index contributed by atoms with van der Waals surface area (Å²) in [6, 6.07) is 5.86. The van der Waals surface area contributed by atoms with Crippen molar-refractivity contribution in [2.24, 2.45) is 5.73 Å². The lowest BCUT2D eigenvalue weighted by Gasteiger charge is -2.31. The Morgan fingerprint density at radius 3 is 2.62 bits per heavy atom. The fourth-order valence-corrected chi connectivity index (χ4v) is 3.81. The van der Waals surface area contributed by atoms with E-state index < -0.39 is 11.6 Å². The number of halogens is 2. The summed E-state index contributed by atoms with van der Waals surface area (Å²) >= 11 is 1.39. The van der Waals surface area contributed by atoms with Gasteiger partial charge in [-0.25, -0.2) is 4.39 Å². The molecule has 0 saturated carbocycles. The molecule has 2 rings (SSSR count). The third kappa shape index (κ3) is 5.86. The summed E-state index contributed by atoms with van der Waals surface area (Å²) in [5.41, 5.74) is 6.27. The van der Waals surface area contributed by atoms with E-state index in [1.807, 2.05) is 13.8 Å². The normalized spacial score (nSPS) is 20.1. The SMILES string of the molecule is CCC(N)(CC)CNC(=O)C1CSC(Cc2ccccc2F)C(=O)N1.Cl. The largest absolute Gasteiger partial charge is 0.352 e. The van der Waals surface area contributed by atoms with Crippen LogP contribution in [0.25, 0.3) is 0 Å². The number of amides is 2. The van der Waals surface area contributed by atoms with E-state index in [-0.39, 0.29) is 35.3 Å². The molecule has 0 aliphatic carbocycles. The average molecular weight is 404 g/mol. The Labute approximate surface area is 164 Å². The van der Waals surface area contributed by atoms with Gasteiger partial charge in [-0.2, -0.15) is 0 Å². The predicted octanol–water partition coefficient (Wildman–Crippen LogP) is 2.02. The second-order valence-corrected chi connectivity index (χ2v) is 7.70. The predicted molar refractivity (Wildman–Crippen MR) is 106 cm³/mol. The Bertz CT molecular complexity index is 628. The zero-order chi connectivity index (χ0) is 18.4. The van der Waals surface area contributed by atoms with Gasteiger partial charge in [0.15, 0.2) is 0 Å². The van der Waals surface area contributed by atoms with E-state index in [4.69, 9.17) is 5.73 Å². The Morgan fingerprint density at radius 2 is 2.04 bits per heavy atom. The summed E-state index contributed by atoms with van der Waals surface area (Å²) in [6.07, 6.45) is 1.84. The molecule has 0 radical (unpaired) electrons. The van der Waals surface area contributed by atoms with Crippen molar-refractivity contribution in [2.75, 3.05) is 12.3 Å². The first-order valence-electron chi connectivity index (χ1n) is 8.60. The van der Waals surface area contributed by atoms with Crippen LogP contribution >= 0.6 is 24.2 Å². The van der Waals surface area contributed by atoms with Gasteiger partial charge in [0.2, 0.25) is 11.8 Å². The van der Waals surface area contributed by atoms with E-state index in [0.29, 0.717) is 24.3 Å². The second-order valence-electron chi connectivity index (χ2n) is 6.47. The second kappa shape index (κ2) is 10.1. The maximum atomic E-state index is 13.7. The van der Waals surface area contributed by atoms with E-state index in [9.17, 15) is 14.0 Å². The number of carbonyl (C=O) groups excluding carboxylic acids is 2. The molecule has 4 N–H and O–H groups in total.